The van der Waals surface area contributed by atoms with E-state index in [1.165, 1.54) is 24.3 Å². The number of carbonyl (C=O) groups excluding carboxylic acids is 1. The van der Waals surface area contributed by atoms with Crippen molar-refractivity contribution in [1.82, 2.24) is 15.5 Å². The number of benzene rings is 1. The van der Waals surface area contributed by atoms with Gasteiger partial charge in [0.15, 0.2) is 0 Å². The van der Waals surface area contributed by atoms with Gasteiger partial charge in [0.05, 0.1) is 27.9 Å². The highest BCUT2D eigenvalue weighted by Crippen LogP contribution is 2.37. The smallest absolute Gasteiger partial charge is 0.346 e. The predicted molar refractivity (Wildman–Crippen MR) is 97.6 cm³/mol. The van der Waals surface area contributed by atoms with Crippen LogP contribution in [0.25, 0.3) is 22.4 Å². The lowest BCUT2D eigenvalue weighted by Gasteiger charge is -2.24. The minimum Gasteiger partial charge on any atom is -0.346 e. The van der Waals surface area contributed by atoms with Crippen LogP contribution in [0.4, 0.5) is 13.2 Å². The summed E-state index contributed by atoms with van der Waals surface area (Å²) in [7, 11) is 0. The Morgan fingerprint density at radius 1 is 1.25 bits per heavy atom. The zero-order chi connectivity index (χ0) is 20.7. The third-order valence-corrected chi connectivity index (χ3v) is 4.33. The fraction of sp³-hybridized carbons (Fsp3) is 0.316. The Bertz CT molecular complexity index is 1040. The van der Waals surface area contributed by atoms with E-state index in [0.29, 0.717) is 11.1 Å². The van der Waals surface area contributed by atoms with Gasteiger partial charge in [-0.2, -0.15) is 13.2 Å². The number of pyridine rings is 1. The summed E-state index contributed by atoms with van der Waals surface area (Å²) >= 11 is 0. The van der Waals surface area contributed by atoms with Crippen LogP contribution in [-0.2, 0) is 6.18 Å². The van der Waals surface area contributed by atoms with Gasteiger partial charge in [0.1, 0.15) is 0 Å². The fourth-order valence-corrected chi connectivity index (χ4v) is 2.79. The van der Waals surface area contributed by atoms with Crippen LogP contribution in [0, 0.1) is 6.92 Å². The summed E-state index contributed by atoms with van der Waals surface area (Å²) in [6.07, 6.45) is -4.57. The lowest BCUT2D eigenvalue weighted by molar-refractivity contribution is -0.137. The van der Waals surface area contributed by atoms with Crippen LogP contribution in [0.15, 0.2) is 34.9 Å². The molecule has 3 aromatic rings. The van der Waals surface area contributed by atoms with E-state index in [2.05, 4.69) is 15.5 Å². The van der Waals surface area contributed by atoms with Crippen molar-refractivity contribution in [3.63, 3.8) is 0 Å². The number of aryl methyl sites for hydroxylation is 1. The first-order valence-corrected chi connectivity index (χ1v) is 8.50. The van der Waals surface area contributed by atoms with Gasteiger partial charge in [-0.3, -0.25) is 4.79 Å². The second kappa shape index (κ2) is 6.90. The molecule has 0 saturated heterocycles. The van der Waals surface area contributed by atoms with E-state index in [1.807, 2.05) is 0 Å². The maximum Gasteiger partial charge on any atom is 0.417 e. The van der Waals surface area contributed by atoms with E-state index in [4.69, 9.17) is 10.3 Å². The molecule has 1 aromatic carbocycles. The molecule has 0 aliphatic carbocycles. The zero-order valence-electron chi connectivity index (χ0n) is 15.5. The Morgan fingerprint density at radius 2 is 1.93 bits per heavy atom. The molecule has 28 heavy (non-hydrogen) atoms. The van der Waals surface area contributed by atoms with Gasteiger partial charge in [-0.15, -0.1) is 0 Å². The highest BCUT2D eigenvalue weighted by atomic mass is 19.4. The normalized spacial score (nSPS) is 12.4. The Labute approximate surface area is 158 Å². The average molecular weight is 392 g/mol. The van der Waals surface area contributed by atoms with Gasteiger partial charge in [0.25, 0.3) is 11.6 Å². The molecule has 2 heterocycles. The van der Waals surface area contributed by atoms with E-state index in [1.54, 1.807) is 20.8 Å². The molecule has 2 aromatic heterocycles. The predicted octanol–water partition coefficient (Wildman–Crippen LogP) is 3.68. The maximum atomic E-state index is 13.4. The molecule has 0 saturated carbocycles. The second-order valence-electron chi connectivity index (χ2n) is 7.09. The summed E-state index contributed by atoms with van der Waals surface area (Å²) in [4.78, 5) is 17.0. The molecule has 0 fully saturated rings. The molecule has 0 atom stereocenters. The SMILES string of the molecule is Cc1noc2nc(-c3ccccc3C(F)(F)F)cc(C(=O)NC(C)(C)CN)c12. The summed E-state index contributed by atoms with van der Waals surface area (Å²) in [6, 6.07) is 6.34. The van der Waals surface area contributed by atoms with Gasteiger partial charge in [-0.05, 0) is 32.9 Å². The lowest BCUT2D eigenvalue weighted by atomic mass is 9.99. The number of hydrogen-bond acceptors (Lipinski definition) is 5. The van der Waals surface area contributed by atoms with Crippen molar-refractivity contribution in [2.45, 2.75) is 32.5 Å². The third kappa shape index (κ3) is 3.70. The molecular weight excluding hydrogens is 373 g/mol. The quantitative estimate of drug-likeness (QED) is 0.706. The van der Waals surface area contributed by atoms with Gasteiger partial charge >= 0.3 is 6.18 Å². The number of amides is 1. The number of aromatic nitrogens is 2. The molecule has 0 radical (unpaired) electrons. The van der Waals surface area contributed by atoms with Crippen molar-refractivity contribution >= 4 is 17.0 Å². The number of carbonyl (C=O) groups is 1. The van der Waals surface area contributed by atoms with Crippen molar-refractivity contribution < 1.29 is 22.5 Å². The monoisotopic (exact) mass is 392 g/mol. The van der Waals surface area contributed by atoms with Crippen LogP contribution in [0.5, 0.6) is 0 Å². The zero-order valence-corrected chi connectivity index (χ0v) is 15.5. The Balaban J connectivity index is 2.22. The molecule has 6 nitrogen and oxygen atoms in total. The van der Waals surface area contributed by atoms with E-state index in [-0.39, 0.29) is 29.1 Å². The van der Waals surface area contributed by atoms with Crippen molar-refractivity contribution in [2.75, 3.05) is 6.54 Å². The number of nitrogens with one attached hydrogen (secondary N) is 1. The number of hydrogen-bond donors (Lipinski definition) is 2. The van der Waals surface area contributed by atoms with Crippen molar-refractivity contribution in [2.24, 2.45) is 5.73 Å². The van der Waals surface area contributed by atoms with Crippen LogP contribution in [-0.4, -0.2) is 28.1 Å². The molecule has 0 aliphatic rings. The van der Waals surface area contributed by atoms with Crippen molar-refractivity contribution in [3.8, 4) is 11.3 Å². The average Bonchev–Trinajstić information content (AvgIpc) is 3.01. The molecule has 3 N–H and O–H groups in total. The first-order chi connectivity index (χ1) is 13.0. The number of rotatable bonds is 4. The topological polar surface area (TPSA) is 94.0 Å². The molecule has 0 aliphatic heterocycles. The molecule has 148 valence electrons. The first kappa shape index (κ1) is 19.8. The molecule has 0 spiro atoms. The van der Waals surface area contributed by atoms with Gasteiger partial charge < -0.3 is 15.6 Å². The van der Waals surface area contributed by atoms with Crippen LogP contribution < -0.4 is 11.1 Å². The van der Waals surface area contributed by atoms with Gasteiger partial charge in [-0.1, -0.05) is 23.4 Å². The first-order valence-electron chi connectivity index (χ1n) is 8.50. The van der Waals surface area contributed by atoms with E-state index >= 15 is 0 Å². The Hall–Kier alpha value is -2.94. The van der Waals surface area contributed by atoms with Crippen LogP contribution >= 0.6 is 0 Å². The second-order valence-corrected chi connectivity index (χ2v) is 7.09. The highest BCUT2D eigenvalue weighted by Gasteiger charge is 2.34. The highest BCUT2D eigenvalue weighted by molar-refractivity contribution is 6.07. The van der Waals surface area contributed by atoms with Gasteiger partial charge in [-0.25, -0.2) is 4.98 Å². The van der Waals surface area contributed by atoms with Crippen molar-refractivity contribution in [1.29, 1.82) is 0 Å². The Morgan fingerprint density at radius 3 is 2.57 bits per heavy atom. The van der Waals surface area contributed by atoms with Gasteiger partial charge in [0, 0.05) is 17.6 Å². The summed E-state index contributed by atoms with van der Waals surface area (Å²) in [5.41, 5.74) is 4.43. The number of fused-ring (bicyclic) bond motifs is 1. The minimum absolute atomic E-state index is 0.0114. The maximum absolute atomic E-state index is 13.4. The van der Waals surface area contributed by atoms with Crippen molar-refractivity contribution in [3.05, 3.63) is 47.2 Å². The minimum atomic E-state index is -4.57. The number of nitrogens with zero attached hydrogens (tertiary/aromatic N) is 2. The summed E-state index contributed by atoms with van der Waals surface area (Å²) in [5.74, 6) is -0.500. The summed E-state index contributed by atoms with van der Waals surface area (Å²) in [5, 5.41) is 6.91. The number of nitrogens with two attached hydrogens (primary N) is 1. The van der Waals surface area contributed by atoms with E-state index in [9.17, 15) is 18.0 Å². The summed E-state index contributed by atoms with van der Waals surface area (Å²) < 4.78 is 45.4. The molecular formula is C19H19F3N4O2. The molecule has 0 bridgehead atoms. The Kier molecular flexibility index (Phi) is 4.88. The molecule has 1 amide bonds. The molecule has 9 heteroatoms. The van der Waals surface area contributed by atoms with Gasteiger partial charge in [0.2, 0.25) is 0 Å². The standard InChI is InChI=1S/C19H19F3N4O2/c1-10-15-12(16(27)25-18(2,3)9-23)8-14(24-17(15)28-26-10)11-6-4-5-7-13(11)19(20,21)22/h4-8H,9,23H2,1-3H3,(H,25,27). The number of alkyl halides is 3. The van der Waals surface area contributed by atoms with Crippen LogP contribution in [0.2, 0.25) is 0 Å². The van der Waals surface area contributed by atoms with E-state index in [0.717, 1.165) is 6.07 Å². The fourth-order valence-electron chi connectivity index (χ4n) is 2.79. The third-order valence-electron chi connectivity index (χ3n) is 4.33. The lowest BCUT2D eigenvalue weighted by Crippen LogP contribution is -2.48. The number of halogens is 3. The van der Waals surface area contributed by atoms with Crippen LogP contribution in [0.3, 0.4) is 0 Å². The molecule has 3 rings (SSSR count). The van der Waals surface area contributed by atoms with E-state index < -0.39 is 23.2 Å². The molecule has 0 unspecified atom stereocenters. The summed E-state index contributed by atoms with van der Waals surface area (Å²) in [6.45, 7) is 5.29. The largest absolute Gasteiger partial charge is 0.417 e. The van der Waals surface area contributed by atoms with Crippen LogP contribution in [0.1, 0.15) is 35.5 Å².